The van der Waals surface area contributed by atoms with Gasteiger partial charge in [0.05, 0.1) is 0 Å². The zero-order chi connectivity index (χ0) is 8.10. The van der Waals surface area contributed by atoms with E-state index in [0.717, 1.165) is 5.92 Å². The van der Waals surface area contributed by atoms with E-state index >= 15 is 0 Å². The Bertz CT molecular complexity index is 147. The normalized spacial score (nSPS) is 21.7. The van der Waals surface area contributed by atoms with E-state index in [1.54, 1.807) is 0 Å². The second-order valence-corrected chi connectivity index (χ2v) is 3.51. The number of hydrogen-bond acceptors (Lipinski definition) is 0. The van der Waals surface area contributed by atoms with Crippen molar-refractivity contribution in [2.75, 3.05) is 0 Å². The second-order valence-electron chi connectivity index (χ2n) is 3.51. The van der Waals surface area contributed by atoms with Gasteiger partial charge >= 0.3 is 0 Å². The van der Waals surface area contributed by atoms with Crippen molar-refractivity contribution in [1.29, 1.82) is 0 Å². The monoisotopic (exact) mass is 150 g/mol. The first-order valence-corrected chi connectivity index (χ1v) is 4.64. The van der Waals surface area contributed by atoms with Crippen molar-refractivity contribution in [3.05, 3.63) is 24.3 Å². The fourth-order valence-corrected chi connectivity index (χ4v) is 1.74. The Kier molecular flexibility index (Phi) is 3.41. The fraction of sp³-hybridized carbons (Fsp3) is 0.636. The van der Waals surface area contributed by atoms with E-state index in [4.69, 9.17) is 0 Å². The SMILES string of the molecule is C=CC(C)=CC1CCCCC1. The van der Waals surface area contributed by atoms with Crippen LogP contribution in [0.4, 0.5) is 0 Å². The molecule has 0 bridgehead atoms. The summed E-state index contributed by atoms with van der Waals surface area (Å²) < 4.78 is 0. The molecule has 1 aliphatic rings. The van der Waals surface area contributed by atoms with Crippen LogP contribution in [0.2, 0.25) is 0 Å². The van der Waals surface area contributed by atoms with Gasteiger partial charge in [0, 0.05) is 0 Å². The lowest BCUT2D eigenvalue weighted by Gasteiger charge is -2.18. The molecule has 0 unspecified atom stereocenters. The molecular weight excluding hydrogens is 132 g/mol. The van der Waals surface area contributed by atoms with Gasteiger partial charge in [0.1, 0.15) is 0 Å². The molecule has 0 saturated heterocycles. The molecule has 0 radical (unpaired) electrons. The van der Waals surface area contributed by atoms with Crippen molar-refractivity contribution in [2.45, 2.75) is 39.0 Å². The van der Waals surface area contributed by atoms with Crippen LogP contribution in [0.15, 0.2) is 24.3 Å². The summed E-state index contributed by atoms with van der Waals surface area (Å²) in [6.07, 6.45) is 11.4. The molecule has 0 heterocycles. The van der Waals surface area contributed by atoms with Crippen molar-refractivity contribution >= 4 is 0 Å². The van der Waals surface area contributed by atoms with Crippen LogP contribution < -0.4 is 0 Å². The molecule has 0 aromatic carbocycles. The highest BCUT2D eigenvalue weighted by atomic mass is 14.1. The minimum Gasteiger partial charge on any atom is -0.0988 e. The summed E-state index contributed by atoms with van der Waals surface area (Å²) in [5.41, 5.74) is 1.34. The first-order chi connectivity index (χ1) is 5.33. The van der Waals surface area contributed by atoms with Crippen LogP contribution in [0.5, 0.6) is 0 Å². The van der Waals surface area contributed by atoms with E-state index in [9.17, 15) is 0 Å². The number of hydrogen-bond donors (Lipinski definition) is 0. The van der Waals surface area contributed by atoms with Crippen LogP contribution >= 0.6 is 0 Å². The molecule has 0 amide bonds. The van der Waals surface area contributed by atoms with Gasteiger partial charge in [-0.2, -0.15) is 0 Å². The maximum atomic E-state index is 3.76. The van der Waals surface area contributed by atoms with Gasteiger partial charge in [-0.15, -0.1) is 0 Å². The molecule has 0 aromatic heterocycles. The standard InChI is InChI=1S/C11H18/c1-3-10(2)9-11-7-5-4-6-8-11/h3,9,11H,1,4-8H2,2H3. The molecule has 1 rings (SSSR count). The minimum absolute atomic E-state index is 0.849. The lowest BCUT2D eigenvalue weighted by molar-refractivity contribution is 0.418. The topological polar surface area (TPSA) is 0 Å². The predicted octanol–water partition coefficient (Wildman–Crippen LogP) is 3.70. The third kappa shape index (κ3) is 2.92. The van der Waals surface area contributed by atoms with Crippen LogP contribution in [-0.4, -0.2) is 0 Å². The smallest absolute Gasteiger partial charge is 0.0228 e. The van der Waals surface area contributed by atoms with E-state index in [2.05, 4.69) is 19.6 Å². The number of rotatable bonds is 2. The molecule has 0 aromatic rings. The molecule has 0 spiro atoms. The Hall–Kier alpha value is -0.520. The first kappa shape index (κ1) is 8.58. The molecule has 1 saturated carbocycles. The van der Waals surface area contributed by atoms with E-state index in [0.29, 0.717) is 0 Å². The van der Waals surface area contributed by atoms with Crippen LogP contribution in [0.1, 0.15) is 39.0 Å². The lowest BCUT2D eigenvalue weighted by Crippen LogP contribution is -2.02. The molecule has 1 aliphatic carbocycles. The molecule has 0 aliphatic heterocycles. The molecule has 0 nitrogen and oxygen atoms in total. The first-order valence-electron chi connectivity index (χ1n) is 4.64. The van der Waals surface area contributed by atoms with E-state index < -0.39 is 0 Å². The Morgan fingerprint density at radius 3 is 2.45 bits per heavy atom. The van der Waals surface area contributed by atoms with Crippen LogP contribution in [0.3, 0.4) is 0 Å². The van der Waals surface area contributed by atoms with Crippen molar-refractivity contribution < 1.29 is 0 Å². The van der Waals surface area contributed by atoms with E-state index in [1.165, 1.54) is 37.7 Å². The molecule has 62 valence electrons. The van der Waals surface area contributed by atoms with Gasteiger partial charge in [-0.1, -0.05) is 43.6 Å². The quantitative estimate of drug-likeness (QED) is 0.526. The third-order valence-electron chi connectivity index (χ3n) is 2.47. The molecular formula is C11H18. The predicted molar refractivity (Wildman–Crippen MR) is 50.5 cm³/mol. The second kappa shape index (κ2) is 4.38. The highest BCUT2D eigenvalue weighted by molar-refractivity contribution is 5.14. The summed E-state index contributed by atoms with van der Waals surface area (Å²) in [7, 11) is 0. The van der Waals surface area contributed by atoms with Gasteiger partial charge in [0.15, 0.2) is 0 Å². The van der Waals surface area contributed by atoms with Crippen LogP contribution in [-0.2, 0) is 0 Å². The highest BCUT2D eigenvalue weighted by Gasteiger charge is 2.09. The highest BCUT2D eigenvalue weighted by Crippen LogP contribution is 2.25. The molecule has 0 N–H and O–H groups in total. The molecule has 11 heavy (non-hydrogen) atoms. The summed E-state index contributed by atoms with van der Waals surface area (Å²) >= 11 is 0. The van der Waals surface area contributed by atoms with Crippen LogP contribution in [0, 0.1) is 5.92 Å². The zero-order valence-electron chi connectivity index (χ0n) is 7.47. The van der Waals surface area contributed by atoms with Gasteiger partial charge in [-0.25, -0.2) is 0 Å². The van der Waals surface area contributed by atoms with Crippen molar-refractivity contribution in [1.82, 2.24) is 0 Å². The van der Waals surface area contributed by atoms with Crippen LogP contribution in [0.25, 0.3) is 0 Å². The summed E-state index contributed by atoms with van der Waals surface area (Å²) in [5, 5.41) is 0. The Morgan fingerprint density at radius 2 is 1.91 bits per heavy atom. The molecule has 0 atom stereocenters. The minimum atomic E-state index is 0.849. The Labute approximate surface area is 70.0 Å². The average molecular weight is 150 g/mol. The van der Waals surface area contributed by atoms with Gasteiger partial charge < -0.3 is 0 Å². The van der Waals surface area contributed by atoms with Crippen molar-refractivity contribution in [3.63, 3.8) is 0 Å². The van der Waals surface area contributed by atoms with Gasteiger partial charge in [0.25, 0.3) is 0 Å². The van der Waals surface area contributed by atoms with E-state index in [1.807, 2.05) is 6.08 Å². The summed E-state index contributed by atoms with van der Waals surface area (Å²) in [6.45, 7) is 5.90. The Morgan fingerprint density at radius 1 is 1.27 bits per heavy atom. The van der Waals surface area contributed by atoms with E-state index in [-0.39, 0.29) is 0 Å². The van der Waals surface area contributed by atoms with Gasteiger partial charge in [-0.3, -0.25) is 0 Å². The maximum absolute atomic E-state index is 3.76. The third-order valence-corrected chi connectivity index (χ3v) is 2.47. The summed E-state index contributed by atoms with van der Waals surface area (Å²) in [6, 6.07) is 0. The summed E-state index contributed by atoms with van der Waals surface area (Å²) in [4.78, 5) is 0. The summed E-state index contributed by atoms with van der Waals surface area (Å²) in [5.74, 6) is 0.849. The average Bonchev–Trinajstić information content (AvgIpc) is 2.06. The fourth-order valence-electron chi connectivity index (χ4n) is 1.74. The van der Waals surface area contributed by atoms with Gasteiger partial charge in [0.2, 0.25) is 0 Å². The maximum Gasteiger partial charge on any atom is -0.0228 e. The molecule has 1 fully saturated rings. The van der Waals surface area contributed by atoms with Gasteiger partial charge in [-0.05, 0) is 25.7 Å². The Balaban J connectivity index is 2.40. The molecule has 0 heteroatoms. The van der Waals surface area contributed by atoms with Crippen molar-refractivity contribution in [2.24, 2.45) is 5.92 Å². The zero-order valence-corrected chi connectivity index (χ0v) is 7.47. The largest absolute Gasteiger partial charge is 0.0988 e. The van der Waals surface area contributed by atoms with Crippen molar-refractivity contribution in [3.8, 4) is 0 Å². The lowest BCUT2D eigenvalue weighted by atomic mass is 9.88. The number of allylic oxidation sites excluding steroid dienone is 3.